The predicted molar refractivity (Wildman–Crippen MR) is 80.7 cm³/mol. The molecule has 0 aliphatic carbocycles. The summed E-state index contributed by atoms with van der Waals surface area (Å²) in [6, 6.07) is 4.11. The van der Waals surface area contributed by atoms with E-state index in [4.69, 9.17) is 5.73 Å². The summed E-state index contributed by atoms with van der Waals surface area (Å²) < 4.78 is 0. The summed E-state index contributed by atoms with van der Waals surface area (Å²) in [6.45, 7) is 5.54. The third kappa shape index (κ3) is 4.59. The first-order valence-corrected chi connectivity index (χ1v) is 6.91. The fourth-order valence-electron chi connectivity index (χ4n) is 1.94. The van der Waals surface area contributed by atoms with Crippen LogP contribution in [0.1, 0.15) is 42.6 Å². The van der Waals surface area contributed by atoms with Gasteiger partial charge in [-0.3, -0.25) is 20.2 Å². The molecule has 1 rings (SSSR count). The van der Waals surface area contributed by atoms with E-state index in [-0.39, 0.29) is 23.1 Å². The van der Waals surface area contributed by atoms with E-state index in [1.165, 1.54) is 0 Å². The van der Waals surface area contributed by atoms with Crippen LogP contribution in [0.15, 0.2) is 18.2 Å². The number of hydrogen-bond donors (Lipinski definition) is 3. The molecule has 0 radical (unpaired) electrons. The number of hydrogen-bond acceptors (Lipinski definition) is 4. The van der Waals surface area contributed by atoms with Crippen LogP contribution in [0.3, 0.4) is 0 Å². The van der Waals surface area contributed by atoms with Crippen molar-refractivity contribution in [2.24, 2.45) is 5.92 Å². The molecule has 1 aromatic carbocycles. The number of nitrogens with two attached hydrogens (primary N) is 1. The van der Waals surface area contributed by atoms with Crippen LogP contribution in [0.4, 0.5) is 10.5 Å². The summed E-state index contributed by atoms with van der Waals surface area (Å²) >= 11 is 0. The maximum atomic E-state index is 12.0. The fourth-order valence-corrected chi connectivity index (χ4v) is 1.94. The Morgan fingerprint density at radius 1 is 1.14 bits per heavy atom. The monoisotopic (exact) mass is 291 g/mol. The van der Waals surface area contributed by atoms with Crippen molar-refractivity contribution >= 4 is 23.5 Å². The van der Waals surface area contributed by atoms with Gasteiger partial charge in [0, 0.05) is 11.6 Å². The van der Waals surface area contributed by atoms with Crippen molar-refractivity contribution in [1.82, 2.24) is 10.6 Å². The van der Waals surface area contributed by atoms with Crippen LogP contribution < -0.4 is 16.4 Å². The Hall–Kier alpha value is -2.37. The van der Waals surface area contributed by atoms with Gasteiger partial charge in [-0.15, -0.1) is 0 Å². The standard InChI is InChI=1S/C15H21N3O3/c1-4-10(5-2)13(19)17-15(21)18-14(20)11-8-9(3)6-7-12(11)16/h6-8,10H,4-5,16H2,1-3H3,(H2,17,18,19,20,21). The number of urea groups is 1. The number of benzene rings is 1. The number of carbonyl (C=O) groups is 3. The van der Waals surface area contributed by atoms with E-state index in [9.17, 15) is 14.4 Å². The van der Waals surface area contributed by atoms with Gasteiger partial charge in [0.1, 0.15) is 0 Å². The first-order valence-electron chi connectivity index (χ1n) is 6.91. The van der Waals surface area contributed by atoms with Crippen molar-refractivity contribution in [3.05, 3.63) is 29.3 Å². The van der Waals surface area contributed by atoms with Gasteiger partial charge in [-0.2, -0.15) is 0 Å². The zero-order valence-corrected chi connectivity index (χ0v) is 12.5. The average molecular weight is 291 g/mol. The zero-order chi connectivity index (χ0) is 16.0. The Balaban J connectivity index is 2.68. The first kappa shape index (κ1) is 16.7. The molecule has 0 unspecified atom stereocenters. The highest BCUT2D eigenvalue weighted by molar-refractivity contribution is 6.10. The van der Waals surface area contributed by atoms with E-state index in [1.807, 2.05) is 20.8 Å². The molecule has 0 saturated carbocycles. The van der Waals surface area contributed by atoms with Gasteiger partial charge in [-0.05, 0) is 31.9 Å². The largest absolute Gasteiger partial charge is 0.398 e. The van der Waals surface area contributed by atoms with Crippen LogP contribution >= 0.6 is 0 Å². The van der Waals surface area contributed by atoms with Crippen molar-refractivity contribution in [1.29, 1.82) is 0 Å². The third-order valence-corrected chi connectivity index (χ3v) is 3.27. The van der Waals surface area contributed by atoms with E-state index in [1.54, 1.807) is 18.2 Å². The lowest BCUT2D eigenvalue weighted by Crippen LogP contribution is -2.44. The lowest BCUT2D eigenvalue weighted by molar-refractivity contribution is -0.124. The first-order chi connectivity index (χ1) is 9.88. The molecular weight excluding hydrogens is 270 g/mol. The second-order valence-corrected chi connectivity index (χ2v) is 4.88. The van der Waals surface area contributed by atoms with Crippen molar-refractivity contribution in [2.45, 2.75) is 33.6 Å². The van der Waals surface area contributed by atoms with Crippen molar-refractivity contribution in [3.63, 3.8) is 0 Å². The molecule has 6 heteroatoms. The summed E-state index contributed by atoms with van der Waals surface area (Å²) in [7, 11) is 0. The van der Waals surface area contributed by atoms with E-state index >= 15 is 0 Å². The molecule has 0 saturated heterocycles. The highest BCUT2D eigenvalue weighted by Gasteiger charge is 2.19. The third-order valence-electron chi connectivity index (χ3n) is 3.27. The fraction of sp³-hybridized carbons (Fsp3) is 0.400. The van der Waals surface area contributed by atoms with Gasteiger partial charge in [0.2, 0.25) is 5.91 Å². The van der Waals surface area contributed by atoms with Crippen LogP contribution in [0.2, 0.25) is 0 Å². The van der Waals surface area contributed by atoms with E-state index < -0.39 is 11.9 Å². The summed E-state index contributed by atoms with van der Waals surface area (Å²) in [6.07, 6.45) is 1.27. The topological polar surface area (TPSA) is 101 Å². The number of carbonyl (C=O) groups excluding carboxylic acids is 3. The molecule has 0 atom stereocenters. The molecule has 21 heavy (non-hydrogen) atoms. The minimum atomic E-state index is -0.835. The average Bonchev–Trinajstić information content (AvgIpc) is 2.42. The normalized spacial score (nSPS) is 10.3. The number of nitrogen functional groups attached to an aromatic ring is 1. The molecule has 0 aliphatic rings. The molecule has 0 spiro atoms. The van der Waals surface area contributed by atoms with Gasteiger partial charge in [-0.1, -0.05) is 25.5 Å². The quantitative estimate of drug-likeness (QED) is 0.738. The van der Waals surface area contributed by atoms with E-state index in [0.717, 1.165) is 5.56 Å². The van der Waals surface area contributed by atoms with Crippen LogP contribution in [0.25, 0.3) is 0 Å². The molecule has 1 aromatic rings. The lowest BCUT2D eigenvalue weighted by Gasteiger charge is -2.12. The van der Waals surface area contributed by atoms with E-state index in [0.29, 0.717) is 12.8 Å². The molecular formula is C15H21N3O3. The molecule has 0 heterocycles. The van der Waals surface area contributed by atoms with Gasteiger partial charge in [-0.25, -0.2) is 4.79 Å². The van der Waals surface area contributed by atoms with Gasteiger partial charge in [0.15, 0.2) is 0 Å². The number of rotatable bonds is 4. The predicted octanol–water partition coefficient (Wildman–Crippen LogP) is 1.98. The van der Waals surface area contributed by atoms with Crippen LogP contribution in [0.5, 0.6) is 0 Å². The molecule has 6 nitrogen and oxygen atoms in total. The Kier molecular flexibility index (Phi) is 5.90. The molecule has 0 fully saturated rings. The smallest absolute Gasteiger partial charge is 0.328 e. The van der Waals surface area contributed by atoms with Crippen LogP contribution in [-0.2, 0) is 4.79 Å². The van der Waals surface area contributed by atoms with Gasteiger partial charge < -0.3 is 5.73 Å². The van der Waals surface area contributed by atoms with E-state index in [2.05, 4.69) is 10.6 Å². The Bertz CT molecular complexity index is 551. The Morgan fingerprint density at radius 3 is 2.33 bits per heavy atom. The van der Waals surface area contributed by atoms with Crippen LogP contribution in [0, 0.1) is 12.8 Å². The summed E-state index contributed by atoms with van der Waals surface area (Å²) in [5.41, 5.74) is 7.03. The minimum absolute atomic E-state index is 0.208. The minimum Gasteiger partial charge on any atom is -0.398 e. The van der Waals surface area contributed by atoms with Gasteiger partial charge >= 0.3 is 6.03 Å². The highest BCUT2D eigenvalue weighted by atomic mass is 16.2. The number of imide groups is 2. The number of amides is 4. The zero-order valence-electron chi connectivity index (χ0n) is 12.5. The molecule has 114 valence electrons. The maximum Gasteiger partial charge on any atom is 0.328 e. The lowest BCUT2D eigenvalue weighted by atomic mass is 10.0. The molecule has 0 bridgehead atoms. The molecule has 4 N–H and O–H groups in total. The molecule has 4 amide bonds. The van der Waals surface area contributed by atoms with Gasteiger partial charge in [0.05, 0.1) is 5.56 Å². The second-order valence-electron chi connectivity index (χ2n) is 4.88. The molecule has 0 aliphatic heterocycles. The van der Waals surface area contributed by atoms with Crippen molar-refractivity contribution in [3.8, 4) is 0 Å². The highest BCUT2D eigenvalue weighted by Crippen LogP contribution is 2.13. The summed E-state index contributed by atoms with van der Waals surface area (Å²) in [5, 5.41) is 4.27. The van der Waals surface area contributed by atoms with Crippen molar-refractivity contribution < 1.29 is 14.4 Å². The van der Waals surface area contributed by atoms with Gasteiger partial charge in [0.25, 0.3) is 5.91 Å². The molecule has 0 aromatic heterocycles. The number of aryl methyl sites for hydroxylation is 1. The maximum absolute atomic E-state index is 12.0. The summed E-state index contributed by atoms with van der Waals surface area (Å²) in [4.78, 5) is 35.4. The SMILES string of the molecule is CCC(CC)C(=O)NC(=O)NC(=O)c1cc(C)ccc1N. The van der Waals surface area contributed by atoms with Crippen LogP contribution in [-0.4, -0.2) is 17.8 Å². The summed E-state index contributed by atoms with van der Waals surface area (Å²) in [5.74, 6) is -1.26. The number of anilines is 1. The van der Waals surface area contributed by atoms with Crippen molar-refractivity contribution in [2.75, 3.05) is 5.73 Å². The second kappa shape index (κ2) is 7.42. The number of nitrogens with one attached hydrogen (secondary N) is 2. The Morgan fingerprint density at radius 2 is 1.76 bits per heavy atom. The Labute approximate surface area is 124 Å².